The summed E-state index contributed by atoms with van der Waals surface area (Å²) in [5.41, 5.74) is 6.64. The Morgan fingerprint density at radius 3 is 3.10 bits per heavy atom. The summed E-state index contributed by atoms with van der Waals surface area (Å²) in [4.78, 5) is 21.9. The van der Waals surface area contributed by atoms with Crippen molar-refractivity contribution in [2.75, 3.05) is 18.8 Å². The maximum Gasteiger partial charge on any atom is 0.246 e. The minimum Gasteiger partial charge on any atom is -0.383 e. The van der Waals surface area contributed by atoms with Crippen molar-refractivity contribution in [1.82, 2.24) is 24.6 Å². The summed E-state index contributed by atoms with van der Waals surface area (Å²) in [6, 6.07) is 0.1000. The second-order valence-corrected chi connectivity index (χ2v) is 6.00. The summed E-state index contributed by atoms with van der Waals surface area (Å²) in [5, 5.41) is 5.33. The molecule has 2 aromatic rings. The number of halogens is 1. The van der Waals surface area contributed by atoms with Crippen molar-refractivity contribution >= 4 is 45.3 Å². The molecule has 8 heteroatoms. The standard InChI is InChI=1S/C13H15IN6O/c1-2-9(21)19-5-3-4-8(6-19)20-13-10(11(14)18-20)12(15)16-7-17-13/h2,7-8H,1,3-6H2,(H2,15,16,17)/t8-/m1/s1. The highest BCUT2D eigenvalue weighted by Gasteiger charge is 2.27. The number of nitrogens with two attached hydrogens (primary N) is 1. The quantitative estimate of drug-likeness (QED) is 0.610. The van der Waals surface area contributed by atoms with Crippen molar-refractivity contribution in [1.29, 1.82) is 0 Å². The van der Waals surface area contributed by atoms with E-state index in [0.29, 0.717) is 12.4 Å². The Morgan fingerprint density at radius 1 is 1.52 bits per heavy atom. The van der Waals surface area contributed by atoms with Gasteiger partial charge in [-0.3, -0.25) is 4.79 Å². The molecule has 3 heterocycles. The molecule has 21 heavy (non-hydrogen) atoms. The monoisotopic (exact) mass is 398 g/mol. The van der Waals surface area contributed by atoms with Crippen LogP contribution in [0, 0.1) is 3.70 Å². The Hall–Kier alpha value is -1.71. The lowest BCUT2D eigenvalue weighted by atomic mass is 10.1. The van der Waals surface area contributed by atoms with Crippen LogP contribution in [0.5, 0.6) is 0 Å². The van der Waals surface area contributed by atoms with Crippen molar-refractivity contribution in [2.45, 2.75) is 18.9 Å². The Labute approximate surface area is 135 Å². The molecular weight excluding hydrogens is 383 g/mol. The predicted octanol–water partition coefficient (Wildman–Crippen LogP) is 1.36. The number of nitrogen functional groups attached to an aromatic ring is 1. The third-order valence-corrected chi connectivity index (χ3v) is 4.46. The molecule has 2 aromatic heterocycles. The Balaban J connectivity index is 1.99. The highest BCUT2D eigenvalue weighted by molar-refractivity contribution is 14.1. The van der Waals surface area contributed by atoms with E-state index in [1.54, 1.807) is 4.90 Å². The first kappa shape index (κ1) is 14.2. The van der Waals surface area contributed by atoms with Crippen molar-refractivity contribution in [2.24, 2.45) is 0 Å². The van der Waals surface area contributed by atoms with Gasteiger partial charge in [0.05, 0.1) is 11.4 Å². The summed E-state index contributed by atoms with van der Waals surface area (Å²) in [5.74, 6) is 0.394. The molecule has 0 radical (unpaired) electrons. The molecule has 0 bridgehead atoms. The molecule has 2 N–H and O–H groups in total. The third-order valence-electron chi connectivity index (χ3n) is 3.70. The number of likely N-dealkylation sites (tertiary alicyclic amines) is 1. The zero-order valence-electron chi connectivity index (χ0n) is 11.4. The lowest BCUT2D eigenvalue weighted by Gasteiger charge is -2.32. The van der Waals surface area contributed by atoms with Crippen molar-refractivity contribution < 1.29 is 4.79 Å². The van der Waals surface area contributed by atoms with Crippen LogP contribution >= 0.6 is 22.6 Å². The molecule has 1 amide bonds. The van der Waals surface area contributed by atoms with E-state index in [2.05, 4.69) is 44.2 Å². The van der Waals surface area contributed by atoms with Crippen LogP contribution in [0.4, 0.5) is 5.82 Å². The van der Waals surface area contributed by atoms with Gasteiger partial charge in [-0.2, -0.15) is 5.10 Å². The van der Waals surface area contributed by atoms with E-state index in [4.69, 9.17) is 5.73 Å². The van der Waals surface area contributed by atoms with Gasteiger partial charge in [0.25, 0.3) is 0 Å². The van der Waals surface area contributed by atoms with Gasteiger partial charge in [-0.05, 0) is 41.5 Å². The topological polar surface area (TPSA) is 89.9 Å². The van der Waals surface area contributed by atoms with Crippen molar-refractivity contribution in [3.63, 3.8) is 0 Å². The molecule has 0 saturated carbocycles. The van der Waals surface area contributed by atoms with Gasteiger partial charge in [0.2, 0.25) is 5.91 Å². The predicted molar refractivity (Wildman–Crippen MR) is 87.5 cm³/mol. The summed E-state index contributed by atoms with van der Waals surface area (Å²) < 4.78 is 2.66. The fourth-order valence-corrected chi connectivity index (χ4v) is 3.44. The molecule has 1 aliphatic heterocycles. The molecule has 0 unspecified atom stereocenters. The van der Waals surface area contributed by atoms with Crippen LogP contribution in [0.2, 0.25) is 0 Å². The number of anilines is 1. The number of aromatic nitrogens is 4. The minimum absolute atomic E-state index is 0.0417. The fourth-order valence-electron chi connectivity index (χ4n) is 2.69. The van der Waals surface area contributed by atoms with Crippen LogP contribution in [-0.2, 0) is 4.79 Å². The van der Waals surface area contributed by atoms with Crippen molar-refractivity contribution in [3.8, 4) is 0 Å². The first-order valence-corrected chi connectivity index (χ1v) is 7.75. The number of carbonyl (C=O) groups excluding carboxylic acids is 1. The first-order valence-electron chi connectivity index (χ1n) is 6.67. The van der Waals surface area contributed by atoms with E-state index in [1.165, 1.54) is 12.4 Å². The molecule has 3 rings (SSSR count). The van der Waals surface area contributed by atoms with Gasteiger partial charge >= 0.3 is 0 Å². The molecule has 1 fully saturated rings. The van der Waals surface area contributed by atoms with Crippen molar-refractivity contribution in [3.05, 3.63) is 22.7 Å². The van der Waals surface area contributed by atoms with Crippen LogP contribution in [0.25, 0.3) is 11.0 Å². The third kappa shape index (κ3) is 2.47. The maximum atomic E-state index is 11.8. The summed E-state index contributed by atoms with van der Waals surface area (Å²) in [6.07, 6.45) is 4.69. The molecular formula is C13H15IN6O. The summed E-state index contributed by atoms with van der Waals surface area (Å²) >= 11 is 2.14. The largest absolute Gasteiger partial charge is 0.383 e. The van der Waals surface area contributed by atoms with Gasteiger partial charge in [0.15, 0.2) is 5.65 Å². The van der Waals surface area contributed by atoms with Crippen LogP contribution in [0.15, 0.2) is 19.0 Å². The number of amides is 1. The van der Waals surface area contributed by atoms with Crippen LogP contribution in [-0.4, -0.2) is 43.6 Å². The second-order valence-electron chi connectivity index (χ2n) is 4.98. The number of hydrogen-bond acceptors (Lipinski definition) is 5. The number of nitrogens with zero attached hydrogens (tertiary/aromatic N) is 5. The second kappa shape index (κ2) is 5.58. The SMILES string of the molecule is C=CC(=O)N1CCC[C@@H](n2nc(I)c3c(N)ncnc32)C1. The zero-order valence-corrected chi connectivity index (χ0v) is 13.5. The number of rotatable bonds is 2. The van der Waals surface area contributed by atoms with E-state index >= 15 is 0 Å². The van der Waals surface area contributed by atoms with Gasteiger partial charge in [0.1, 0.15) is 15.8 Å². The van der Waals surface area contributed by atoms with E-state index < -0.39 is 0 Å². The molecule has 1 saturated heterocycles. The molecule has 1 aliphatic rings. The number of fused-ring (bicyclic) bond motifs is 1. The van der Waals surface area contributed by atoms with Gasteiger partial charge in [0, 0.05) is 13.1 Å². The molecule has 0 aromatic carbocycles. The lowest BCUT2D eigenvalue weighted by molar-refractivity contribution is -0.127. The smallest absolute Gasteiger partial charge is 0.246 e. The highest BCUT2D eigenvalue weighted by atomic mass is 127. The van der Waals surface area contributed by atoms with E-state index in [1.807, 2.05) is 4.68 Å². The molecule has 0 aliphatic carbocycles. The number of hydrogen-bond donors (Lipinski definition) is 1. The van der Waals surface area contributed by atoms with Gasteiger partial charge in [-0.1, -0.05) is 6.58 Å². The van der Waals surface area contributed by atoms with Crippen LogP contribution in [0.3, 0.4) is 0 Å². The summed E-state index contributed by atoms with van der Waals surface area (Å²) in [7, 11) is 0. The first-order chi connectivity index (χ1) is 10.1. The fraction of sp³-hybridized carbons (Fsp3) is 0.385. The van der Waals surface area contributed by atoms with Crippen LogP contribution in [0.1, 0.15) is 18.9 Å². The Morgan fingerprint density at radius 2 is 2.33 bits per heavy atom. The molecule has 1 atom stereocenters. The normalized spacial score (nSPS) is 18.9. The van der Waals surface area contributed by atoms with E-state index in [9.17, 15) is 4.79 Å². The highest BCUT2D eigenvalue weighted by Crippen LogP contribution is 2.28. The minimum atomic E-state index is -0.0417. The Kier molecular flexibility index (Phi) is 3.79. The van der Waals surface area contributed by atoms with Gasteiger partial charge < -0.3 is 10.6 Å². The van der Waals surface area contributed by atoms with Gasteiger partial charge in [-0.15, -0.1) is 0 Å². The van der Waals surface area contributed by atoms with E-state index in [0.717, 1.165) is 34.1 Å². The number of carbonyl (C=O) groups is 1. The maximum absolute atomic E-state index is 11.8. The number of piperidine rings is 1. The molecule has 110 valence electrons. The van der Waals surface area contributed by atoms with Crippen LogP contribution < -0.4 is 5.73 Å². The average Bonchev–Trinajstić information content (AvgIpc) is 2.85. The summed E-state index contributed by atoms with van der Waals surface area (Å²) in [6.45, 7) is 4.92. The lowest BCUT2D eigenvalue weighted by Crippen LogP contribution is -2.40. The average molecular weight is 398 g/mol. The van der Waals surface area contributed by atoms with E-state index in [-0.39, 0.29) is 11.9 Å². The van der Waals surface area contributed by atoms with Gasteiger partial charge in [-0.25, -0.2) is 14.6 Å². The molecule has 7 nitrogen and oxygen atoms in total. The molecule has 0 spiro atoms. The Bertz CT molecular complexity index is 712. The zero-order chi connectivity index (χ0) is 15.0.